The molecule has 32 heavy (non-hydrogen) atoms. The van der Waals surface area contributed by atoms with E-state index >= 15 is 0 Å². The molecule has 0 bridgehead atoms. The molecule has 0 aliphatic heterocycles. The molecule has 0 saturated carbocycles. The molecule has 0 radical (unpaired) electrons. The Balaban J connectivity index is 1.81. The fourth-order valence-corrected chi connectivity index (χ4v) is 3.21. The number of halogens is 6. The third-order valence-corrected chi connectivity index (χ3v) is 4.88. The number of amides is 1. The van der Waals surface area contributed by atoms with Gasteiger partial charge in [0, 0.05) is 12.7 Å². The number of rotatable bonds is 7. The number of hydrogen-bond donors (Lipinski definition) is 1. The van der Waals surface area contributed by atoms with Gasteiger partial charge >= 0.3 is 6.18 Å². The molecule has 0 aliphatic rings. The van der Waals surface area contributed by atoms with E-state index < -0.39 is 46.7 Å². The number of nitrogens with zero attached hydrogens (tertiary/aromatic N) is 1. The van der Waals surface area contributed by atoms with Crippen molar-refractivity contribution in [3.8, 4) is 17.0 Å². The summed E-state index contributed by atoms with van der Waals surface area (Å²) >= 11 is 3.15. The first-order chi connectivity index (χ1) is 15.0. The van der Waals surface area contributed by atoms with E-state index in [1.807, 2.05) is 0 Å². The van der Waals surface area contributed by atoms with E-state index in [9.17, 15) is 26.7 Å². The minimum atomic E-state index is -4.48. The van der Waals surface area contributed by atoms with Gasteiger partial charge in [0.15, 0.2) is 22.3 Å². The van der Waals surface area contributed by atoms with E-state index in [4.69, 9.17) is 19.6 Å². The summed E-state index contributed by atoms with van der Waals surface area (Å²) in [6, 6.07) is 6.06. The molecule has 2 N–H and O–H groups in total. The summed E-state index contributed by atoms with van der Waals surface area (Å²) in [5, 5.41) is 0. The van der Waals surface area contributed by atoms with Gasteiger partial charge in [0.05, 0.1) is 5.56 Å². The number of carbonyl (C=O) groups excluding carboxylic acids is 1. The lowest BCUT2D eigenvalue weighted by Crippen LogP contribution is -2.18. The van der Waals surface area contributed by atoms with Crippen molar-refractivity contribution in [3.05, 3.63) is 69.7 Å². The second kappa shape index (κ2) is 9.25. The van der Waals surface area contributed by atoms with Gasteiger partial charge in [-0.3, -0.25) is 4.79 Å². The van der Waals surface area contributed by atoms with Crippen molar-refractivity contribution in [2.75, 3.05) is 13.7 Å². The van der Waals surface area contributed by atoms with Gasteiger partial charge in [-0.25, -0.2) is 13.8 Å². The maximum absolute atomic E-state index is 14.3. The zero-order valence-electron chi connectivity index (χ0n) is 16.2. The van der Waals surface area contributed by atoms with E-state index in [2.05, 4.69) is 20.9 Å². The van der Waals surface area contributed by atoms with Crippen molar-refractivity contribution < 1.29 is 40.6 Å². The van der Waals surface area contributed by atoms with Crippen LogP contribution in [0.1, 0.15) is 27.9 Å². The molecule has 1 aromatic heterocycles. The number of nitrogens with two attached hydrogens (primary N) is 1. The monoisotopic (exact) mass is 520 g/mol. The van der Waals surface area contributed by atoms with Gasteiger partial charge in [-0.1, -0.05) is 12.1 Å². The van der Waals surface area contributed by atoms with Crippen molar-refractivity contribution in [2.24, 2.45) is 5.73 Å². The highest BCUT2D eigenvalue weighted by atomic mass is 79.9. The Morgan fingerprint density at radius 1 is 1.19 bits per heavy atom. The van der Waals surface area contributed by atoms with Gasteiger partial charge in [-0.15, -0.1) is 0 Å². The molecule has 1 amide bonds. The second-order valence-electron chi connectivity index (χ2n) is 6.38. The summed E-state index contributed by atoms with van der Waals surface area (Å²) in [6.07, 6.45) is -5.45. The molecule has 1 atom stereocenters. The maximum atomic E-state index is 14.3. The number of ether oxygens (including phenoxy) is 2. The molecular formula is C20H14BrF5N2O4. The summed E-state index contributed by atoms with van der Waals surface area (Å²) in [4.78, 5) is 15.4. The Morgan fingerprint density at radius 2 is 1.84 bits per heavy atom. The molecule has 0 spiro atoms. The summed E-state index contributed by atoms with van der Waals surface area (Å²) in [5.74, 6) is -4.18. The van der Waals surface area contributed by atoms with Crippen LogP contribution in [0.5, 0.6) is 5.75 Å². The second-order valence-corrected chi connectivity index (χ2v) is 7.10. The number of aromatic nitrogens is 1. The molecule has 0 saturated heterocycles. The Morgan fingerprint density at radius 3 is 2.41 bits per heavy atom. The standard InChI is InChI=1S/C20H14BrF5N2O4/c1-30-13(8-31-12-7-6-11(22)14(15(12)23)18(27)29)19-28-16(17(21)32-19)9-2-4-10(5-3-9)20(24,25)26/h2-7,13H,8H2,1H3,(H2,27,29). The van der Waals surface area contributed by atoms with Crippen LogP contribution in [0.2, 0.25) is 0 Å². The van der Waals surface area contributed by atoms with Gasteiger partial charge in [0.1, 0.15) is 23.7 Å². The van der Waals surface area contributed by atoms with Crippen LogP contribution in [0.25, 0.3) is 11.3 Å². The van der Waals surface area contributed by atoms with E-state index in [0.29, 0.717) is 5.56 Å². The number of methoxy groups -OCH3 is 1. The van der Waals surface area contributed by atoms with Gasteiger partial charge in [-0.05, 0) is 40.2 Å². The SMILES string of the molecule is COC(COc1ccc(F)c(C(N)=O)c1F)c1nc(-c2ccc(C(F)(F)F)cc2)c(Br)o1. The van der Waals surface area contributed by atoms with Crippen molar-refractivity contribution in [2.45, 2.75) is 12.3 Å². The average Bonchev–Trinajstić information content (AvgIpc) is 3.10. The molecule has 6 nitrogen and oxygen atoms in total. The highest BCUT2D eigenvalue weighted by Crippen LogP contribution is 2.35. The van der Waals surface area contributed by atoms with Crippen LogP contribution in [0.3, 0.4) is 0 Å². The minimum Gasteiger partial charge on any atom is -0.487 e. The van der Waals surface area contributed by atoms with Crippen molar-refractivity contribution in [3.63, 3.8) is 0 Å². The number of primary amides is 1. The highest BCUT2D eigenvalue weighted by Gasteiger charge is 2.30. The zero-order chi connectivity index (χ0) is 23.6. The first-order valence-corrected chi connectivity index (χ1v) is 9.59. The van der Waals surface area contributed by atoms with Crippen LogP contribution >= 0.6 is 15.9 Å². The Hall–Kier alpha value is -2.99. The number of carbonyl (C=O) groups is 1. The lowest BCUT2D eigenvalue weighted by Gasteiger charge is -2.14. The average molecular weight is 521 g/mol. The highest BCUT2D eigenvalue weighted by molar-refractivity contribution is 9.10. The van der Waals surface area contributed by atoms with Gasteiger partial charge < -0.3 is 19.6 Å². The van der Waals surface area contributed by atoms with Crippen LogP contribution in [0.15, 0.2) is 45.5 Å². The third kappa shape index (κ3) is 4.91. The first kappa shape index (κ1) is 23.7. The predicted octanol–water partition coefficient (Wildman–Crippen LogP) is 5.27. The third-order valence-electron chi connectivity index (χ3n) is 4.34. The maximum Gasteiger partial charge on any atom is 0.416 e. The predicted molar refractivity (Wildman–Crippen MR) is 105 cm³/mol. The van der Waals surface area contributed by atoms with Crippen LogP contribution in [0.4, 0.5) is 22.0 Å². The van der Waals surface area contributed by atoms with Gasteiger partial charge in [-0.2, -0.15) is 13.2 Å². The quantitative estimate of drug-likeness (QED) is 0.429. The number of benzene rings is 2. The lowest BCUT2D eigenvalue weighted by molar-refractivity contribution is -0.137. The normalized spacial score (nSPS) is 12.6. The number of oxazole rings is 1. The minimum absolute atomic E-state index is 0.0214. The lowest BCUT2D eigenvalue weighted by atomic mass is 10.1. The fraction of sp³-hybridized carbons (Fsp3) is 0.200. The Labute approximate surface area is 186 Å². The van der Waals surface area contributed by atoms with E-state index in [1.54, 1.807) is 0 Å². The van der Waals surface area contributed by atoms with Crippen molar-refractivity contribution in [1.82, 2.24) is 4.98 Å². The molecule has 1 heterocycles. The van der Waals surface area contributed by atoms with Crippen molar-refractivity contribution >= 4 is 21.8 Å². The van der Waals surface area contributed by atoms with Crippen LogP contribution in [0, 0.1) is 11.6 Å². The first-order valence-electron chi connectivity index (χ1n) is 8.80. The van der Waals surface area contributed by atoms with Gasteiger partial charge in [0.25, 0.3) is 5.91 Å². The van der Waals surface area contributed by atoms with E-state index in [0.717, 1.165) is 24.3 Å². The van der Waals surface area contributed by atoms with Crippen LogP contribution < -0.4 is 10.5 Å². The molecular weight excluding hydrogens is 507 g/mol. The van der Waals surface area contributed by atoms with Crippen LogP contribution in [-0.4, -0.2) is 24.6 Å². The summed E-state index contributed by atoms with van der Waals surface area (Å²) in [6.45, 7) is -0.351. The summed E-state index contributed by atoms with van der Waals surface area (Å²) in [7, 11) is 1.29. The molecule has 3 aromatic rings. The van der Waals surface area contributed by atoms with Gasteiger partial charge in [0.2, 0.25) is 5.89 Å². The van der Waals surface area contributed by atoms with E-state index in [1.165, 1.54) is 19.2 Å². The van der Waals surface area contributed by atoms with Crippen LogP contribution in [-0.2, 0) is 10.9 Å². The summed E-state index contributed by atoms with van der Waals surface area (Å²) < 4.78 is 82.3. The summed E-state index contributed by atoms with van der Waals surface area (Å²) in [5.41, 5.74) is 3.76. The smallest absolute Gasteiger partial charge is 0.416 e. The molecule has 0 fully saturated rings. The Kier molecular flexibility index (Phi) is 6.84. The number of alkyl halides is 3. The fourth-order valence-electron chi connectivity index (χ4n) is 2.73. The molecule has 3 rings (SSSR count). The van der Waals surface area contributed by atoms with Crippen molar-refractivity contribution in [1.29, 1.82) is 0 Å². The van der Waals surface area contributed by atoms with E-state index in [-0.39, 0.29) is 22.9 Å². The topological polar surface area (TPSA) is 87.6 Å². The zero-order valence-corrected chi connectivity index (χ0v) is 17.8. The molecule has 12 heteroatoms. The molecule has 2 aromatic carbocycles. The molecule has 1 unspecified atom stereocenters. The molecule has 170 valence electrons. The molecule has 0 aliphatic carbocycles. The Bertz CT molecular complexity index is 1130. The largest absolute Gasteiger partial charge is 0.487 e. The number of hydrogen-bond acceptors (Lipinski definition) is 5.